The summed E-state index contributed by atoms with van der Waals surface area (Å²) in [6.45, 7) is 5.96. The standard InChI is InChI=1S/C21H22F2N2O3/c1-21(2,3)28-20(27)25-10-4-5-13-11-15(7-9-18(13)25)24-19(26)16-12-14(22)6-8-17(16)23/h6-9,11-12H,4-5,10H2,1-3H3,(H,24,26). The Morgan fingerprint density at radius 1 is 1.11 bits per heavy atom. The van der Waals surface area contributed by atoms with Gasteiger partial charge in [0.2, 0.25) is 0 Å². The highest BCUT2D eigenvalue weighted by Crippen LogP contribution is 2.31. The molecule has 2 aromatic rings. The van der Waals surface area contributed by atoms with Gasteiger partial charge in [-0.2, -0.15) is 0 Å². The molecule has 7 heteroatoms. The van der Waals surface area contributed by atoms with Crippen LogP contribution in [0.15, 0.2) is 36.4 Å². The predicted octanol–water partition coefficient (Wildman–Crippen LogP) is 4.90. The summed E-state index contributed by atoms with van der Waals surface area (Å²) in [4.78, 5) is 26.3. The Kier molecular flexibility index (Phi) is 5.36. The molecule has 3 rings (SSSR count). The molecular weight excluding hydrogens is 366 g/mol. The highest BCUT2D eigenvalue weighted by molar-refractivity contribution is 6.04. The van der Waals surface area contributed by atoms with Gasteiger partial charge < -0.3 is 10.1 Å². The third-order valence-electron chi connectivity index (χ3n) is 4.24. The predicted molar refractivity (Wildman–Crippen MR) is 103 cm³/mol. The summed E-state index contributed by atoms with van der Waals surface area (Å²) < 4.78 is 32.5. The van der Waals surface area contributed by atoms with Gasteiger partial charge in [-0.15, -0.1) is 0 Å². The molecule has 0 atom stereocenters. The Hall–Kier alpha value is -2.96. The number of benzene rings is 2. The van der Waals surface area contributed by atoms with Gasteiger partial charge in [0, 0.05) is 12.2 Å². The smallest absolute Gasteiger partial charge is 0.414 e. The minimum absolute atomic E-state index is 0.367. The van der Waals surface area contributed by atoms with Crippen molar-refractivity contribution in [2.75, 3.05) is 16.8 Å². The Bertz CT molecular complexity index is 922. The van der Waals surface area contributed by atoms with Crippen LogP contribution in [0.4, 0.5) is 25.0 Å². The van der Waals surface area contributed by atoms with E-state index in [9.17, 15) is 18.4 Å². The fourth-order valence-corrected chi connectivity index (χ4v) is 3.05. The molecule has 0 aliphatic carbocycles. The zero-order chi connectivity index (χ0) is 20.5. The topological polar surface area (TPSA) is 58.6 Å². The van der Waals surface area contributed by atoms with Crippen LogP contribution in [0, 0.1) is 11.6 Å². The number of halogens is 2. The minimum Gasteiger partial charge on any atom is -0.443 e. The highest BCUT2D eigenvalue weighted by atomic mass is 19.1. The van der Waals surface area contributed by atoms with E-state index >= 15 is 0 Å². The molecule has 0 fully saturated rings. The molecule has 2 amide bonds. The maximum Gasteiger partial charge on any atom is 0.414 e. The third-order valence-corrected chi connectivity index (χ3v) is 4.24. The van der Waals surface area contributed by atoms with Crippen molar-refractivity contribution in [3.63, 3.8) is 0 Å². The molecule has 2 aromatic carbocycles. The summed E-state index contributed by atoms with van der Waals surface area (Å²) in [6.07, 6.45) is 1.06. The Balaban J connectivity index is 1.80. The van der Waals surface area contributed by atoms with E-state index in [1.165, 1.54) is 0 Å². The number of hydrogen-bond donors (Lipinski definition) is 1. The van der Waals surface area contributed by atoms with Gasteiger partial charge in [0.15, 0.2) is 0 Å². The van der Waals surface area contributed by atoms with Gasteiger partial charge in [-0.25, -0.2) is 13.6 Å². The van der Waals surface area contributed by atoms with Crippen molar-refractivity contribution >= 4 is 23.4 Å². The quantitative estimate of drug-likeness (QED) is 0.796. The van der Waals surface area contributed by atoms with Gasteiger partial charge in [0.05, 0.1) is 11.3 Å². The second kappa shape index (κ2) is 7.58. The molecule has 5 nitrogen and oxygen atoms in total. The maximum absolute atomic E-state index is 13.8. The molecule has 28 heavy (non-hydrogen) atoms. The first-order chi connectivity index (χ1) is 13.1. The second-order valence-electron chi connectivity index (χ2n) is 7.66. The van der Waals surface area contributed by atoms with Crippen molar-refractivity contribution in [1.82, 2.24) is 0 Å². The number of hydrogen-bond acceptors (Lipinski definition) is 3. The first-order valence-electron chi connectivity index (χ1n) is 9.04. The van der Waals surface area contributed by atoms with E-state index in [1.807, 2.05) is 0 Å². The largest absolute Gasteiger partial charge is 0.443 e. The van der Waals surface area contributed by atoms with Crippen molar-refractivity contribution < 1.29 is 23.1 Å². The van der Waals surface area contributed by atoms with Crippen LogP contribution in [0.3, 0.4) is 0 Å². The van der Waals surface area contributed by atoms with Crippen molar-refractivity contribution in [3.05, 3.63) is 59.2 Å². The molecule has 1 aliphatic rings. The summed E-state index contributed by atoms with van der Waals surface area (Å²) in [5, 5.41) is 2.58. The third kappa shape index (κ3) is 4.47. The number of carbonyl (C=O) groups excluding carboxylic acids is 2. The summed E-state index contributed by atoms with van der Waals surface area (Å²) in [7, 11) is 0. The second-order valence-corrected chi connectivity index (χ2v) is 7.66. The van der Waals surface area contributed by atoms with E-state index in [1.54, 1.807) is 43.9 Å². The monoisotopic (exact) mass is 388 g/mol. The number of fused-ring (bicyclic) bond motifs is 1. The molecule has 1 N–H and O–H groups in total. The number of amides is 2. The van der Waals surface area contributed by atoms with Crippen molar-refractivity contribution in [1.29, 1.82) is 0 Å². The summed E-state index contributed by atoms with van der Waals surface area (Å²) in [5.74, 6) is -2.23. The van der Waals surface area contributed by atoms with Gasteiger partial charge in [0.25, 0.3) is 5.91 Å². The lowest BCUT2D eigenvalue weighted by Crippen LogP contribution is -2.39. The average Bonchev–Trinajstić information content (AvgIpc) is 2.61. The van der Waals surface area contributed by atoms with E-state index in [4.69, 9.17) is 4.74 Å². The van der Waals surface area contributed by atoms with E-state index in [2.05, 4.69) is 5.32 Å². The lowest BCUT2D eigenvalue weighted by Gasteiger charge is -2.32. The molecule has 1 heterocycles. The molecular formula is C21H22F2N2O3. The van der Waals surface area contributed by atoms with E-state index in [0.717, 1.165) is 42.3 Å². The van der Waals surface area contributed by atoms with E-state index in [0.29, 0.717) is 12.2 Å². The summed E-state index contributed by atoms with van der Waals surface area (Å²) >= 11 is 0. The van der Waals surface area contributed by atoms with Gasteiger partial charge >= 0.3 is 6.09 Å². The van der Waals surface area contributed by atoms with E-state index in [-0.39, 0.29) is 5.56 Å². The zero-order valence-electron chi connectivity index (χ0n) is 16.0. The van der Waals surface area contributed by atoms with Crippen LogP contribution in [-0.2, 0) is 11.2 Å². The minimum atomic E-state index is -0.798. The van der Waals surface area contributed by atoms with Crippen LogP contribution in [0.5, 0.6) is 0 Å². The molecule has 0 spiro atoms. The maximum atomic E-state index is 13.8. The number of rotatable bonds is 2. The lowest BCUT2D eigenvalue weighted by molar-refractivity contribution is 0.0577. The molecule has 0 radical (unpaired) electrons. The van der Waals surface area contributed by atoms with Crippen LogP contribution in [0.25, 0.3) is 0 Å². The van der Waals surface area contributed by atoms with E-state index < -0.39 is 29.2 Å². The first kappa shape index (κ1) is 19.8. The zero-order valence-corrected chi connectivity index (χ0v) is 16.0. The Labute approximate surface area is 162 Å². The number of anilines is 2. The van der Waals surface area contributed by atoms with Crippen molar-refractivity contribution in [2.24, 2.45) is 0 Å². The van der Waals surface area contributed by atoms with Crippen LogP contribution in [0.1, 0.15) is 43.1 Å². The molecule has 0 aromatic heterocycles. The van der Waals surface area contributed by atoms with Crippen molar-refractivity contribution in [3.8, 4) is 0 Å². The van der Waals surface area contributed by atoms with Crippen LogP contribution in [-0.4, -0.2) is 24.1 Å². The average molecular weight is 388 g/mol. The van der Waals surface area contributed by atoms with Gasteiger partial charge in [-0.1, -0.05) is 0 Å². The fourth-order valence-electron chi connectivity index (χ4n) is 3.05. The molecule has 0 saturated carbocycles. The van der Waals surface area contributed by atoms with Gasteiger partial charge in [-0.3, -0.25) is 9.69 Å². The molecule has 0 unspecified atom stereocenters. The van der Waals surface area contributed by atoms with Gasteiger partial charge in [-0.05, 0) is 75.6 Å². The van der Waals surface area contributed by atoms with Crippen LogP contribution >= 0.6 is 0 Å². The number of aryl methyl sites for hydroxylation is 1. The van der Waals surface area contributed by atoms with Gasteiger partial charge in [0.1, 0.15) is 17.2 Å². The van der Waals surface area contributed by atoms with Crippen molar-refractivity contribution in [2.45, 2.75) is 39.2 Å². The molecule has 0 saturated heterocycles. The first-order valence-corrected chi connectivity index (χ1v) is 9.04. The molecule has 148 valence electrons. The number of nitrogens with zero attached hydrogens (tertiary/aromatic N) is 1. The Morgan fingerprint density at radius 2 is 1.86 bits per heavy atom. The lowest BCUT2D eigenvalue weighted by atomic mass is 10.0. The highest BCUT2D eigenvalue weighted by Gasteiger charge is 2.27. The number of ether oxygens (including phenoxy) is 1. The van der Waals surface area contributed by atoms with Crippen LogP contribution in [0.2, 0.25) is 0 Å². The number of nitrogens with one attached hydrogen (secondary N) is 1. The summed E-state index contributed by atoms with van der Waals surface area (Å²) in [6, 6.07) is 7.80. The fraction of sp³-hybridized carbons (Fsp3) is 0.333. The molecule has 0 bridgehead atoms. The van der Waals surface area contributed by atoms with Crippen LogP contribution < -0.4 is 10.2 Å². The normalized spacial score (nSPS) is 13.7. The number of carbonyl (C=O) groups is 2. The SMILES string of the molecule is CC(C)(C)OC(=O)N1CCCc2cc(NC(=O)c3cc(F)ccc3F)ccc21. The molecule has 1 aliphatic heterocycles. The Morgan fingerprint density at radius 3 is 2.57 bits per heavy atom. The summed E-state index contributed by atoms with van der Waals surface area (Å²) in [5.41, 5.74) is 1.06.